The van der Waals surface area contributed by atoms with Gasteiger partial charge in [-0.1, -0.05) is 0 Å². The van der Waals surface area contributed by atoms with Crippen LogP contribution in [0.3, 0.4) is 0 Å². The molecule has 1 aromatic rings. The lowest BCUT2D eigenvalue weighted by atomic mass is 10.2. The van der Waals surface area contributed by atoms with Gasteiger partial charge in [-0.15, -0.1) is 0 Å². The molecule has 1 aromatic carbocycles. The van der Waals surface area contributed by atoms with E-state index in [9.17, 15) is 9.59 Å². The van der Waals surface area contributed by atoms with Crippen molar-refractivity contribution in [1.82, 2.24) is 0 Å². The summed E-state index contributed by atoms with van der Waals surface area (Å²) in [6, 6.07) is 5.77. The Hall–Kier alpha value is -2.08. The van der Waals surface area contributed by atoms with Gasteiger partial charge in [-0.05, 0) is 31.2 Å². The molecule has 16 heavy (non-hydrogen) atoms. The van der Waals surface area contributed by atoms with Crippen LogP contribution in [0.15, 0.2) is 24.3 Å². The molecule has 0 spiro atoms. The molecule has 1 amide bonds. The van der Waals surface area contributed by atoms with Crippen molar-refractivity contribution in [2.24, 2.45) is 5.84 Å². The van der Waals surface area contributed by atoms with Crippen LogP contribution < -0.4 is 10.9 Å². The Balaban J connectivity index is 2.83. The van der Waals surface area contributed by atoms with Gasteiger partial charge in [-0.25, -0.2) is 20.4 Å². The largest absolute Gasteiger partial charge is 0.464 e. The first-order valence-corrected chi connectivity index (χ1v) is 4.61. The Morgan fingerprint density at radius 3 is 2.38 bits per heavy atom. The highest BCUT2D eigenvalue weighted by molar-refractivity contribution is 5.91. The summed E-state index contributed by atoms with van der Waals surface area (Å²) in [4.78, 5) is 21.8. The van der Waals surface area contributed by atoms with Crippen LogP contribution in [0.5, 0.6) is 0 Å². The number of hydrazine groups is 1. The molecule has 0 aliphatic carbocycles. The van der Waals surface area contributed by atoms with E-state index in [1.807, 2.05) is 0 Å². The van der Waals surface area contributed by atoms with Crippen molar-refractivity contribution in [1.29, 1.82) is 0 Å². The minimum atomic E-state index is -1.27. The summed E-state index contributed by atoms with van der Waals surface area (Å²) in [5.41, 5.74) is 0.630. The molecule has 0 aliphatic heterocycles. The number of amides is 1. The minimum absolute atomic E-state index is 0.278. The van der Waals surface area contributed by atoms with E-state index in [4.69, 9.17) is 15.7 Å². The highest BCUT2D eigenvalue weighted by Crippen LogP contribution is 2.13. The average molecular weight is 224 g/mol. The molecule has 0 unspecified atom stereocenters. The van der Waals surface area contributed by atoms with E-state index in [0.29, 0.717) is 17.2 Å². The quantitative estimate of drug-likeness (QED) is 0.348. The molecule has 0 atom stereocenters. The van der Waals surface area contributed by atoms with E-state index in [-0.39, 0.29) is 5.69 Å². The summed E-state index contributed by atoms with van der Waals surface area (Å²) >= 11 is 0. The molecule has 3 N–H and O–H groups in total. The maximum absolute atomic E-state index is 11.3. The maximum Gasteiger partial charge on any atom is 0.426 e. The van der Waals surface area contributed by atoms with Gasteiger partial charge >= 0.3 is 12.1 Å². The Labute approximate surface area is 92.2 Å². The van der Waals surface area contributed by atoms with E-state index in [0.717, 1.165) is 0 Å². The predicted molar refractivity (Wildman–Crippen MR) is 57.1 cm³/mol. The molecule has 1 rings (SSSR count). The summed E-state index contributed by atoms with van der Waals surface area (Å²) in [5, 5.41) is 9.17. The zero-order chi connectivity index (χ0) is 12.1. The first-order chi connectivity index (χ1) is 7.56. The smallest absolute Gasteiger partial charge is 0.426 e. The number of benzene rings is 1. The SMILES string of the molecule is CCOC(=O)c1ccc(N(N)C(=O)O)cc1. The monoisotopic (exact) mass is 224 g/mol. The second-order valence-corrected chi connectivity index (χ2v) is 2.92. The summed E-state index contributed by atoms with van der Waals surface area (Å²) in [7, 11) is 0. The standard InChI is InChI=1S/C10H12N2O4/c1-2-16-9(13)7-3-5-8(6-4-7)12(11)10(14)15/h3-6H,2,11H2,1H3,(H,14,15). The molecular weight excluding hydrogens is 212 g/mol. The Morgan fingerprint density at radius 1 is 1.38 bits per heavy atom. The van der Waals surface area contributed by atoms with Crippen molar-refractivity contribution in [3.63, 3.8) is 0 Å². The normalized spacial score (nSPS) is 9.62. The van der Waals surface area contributed by atoms with Crippen LogP contribution in [-0.4, -0.2) is 23.8 Å². The highest BCUT2D eigenvalue weighted by Gasteiger charge is 2.11. The Morgan fingerprint density at radius 2 is 1.94 bits per heavy atom. The average Bonchev–Trinajstić information content (AvgIpc) is 2.28. The summed E-state index contributed by atoms with van der Waals surface area (Å²) < 4.78 is 4.78. The summed E-state index contributed by atoms with van der Waals surface area (Å²) in [6.45, 7) is 2.00. The number of nitrogens with two attached hydrogens (primary N) is 1. The van der Waals surface area contributed by atoms with E-state index < -0.39 is 12.1 Å². The third-order valence-corrected chi connectivity index (χ3v) is 1.86. The number of hydrogen-bond donors (Lipinski definition) is 2. The van der Waals surface area contributed by atoms with Crippen LogP contribution in [0, 0.1) is 0 Å². The number of anilines is 1. The van der Waals surface area contributed by atoms with Crippen LogP contribution in [0.4, 0.5) is 10.5 Å². The lowest BCUT2D eigenvalue weighted by molar-refractivity contribution is 0.0526. The van der Waals surface area contributed by atoms with Gasteiger partial charge in [0.15, 0.2) is 0 Å². The zero-order valence-electron chi connectivity index (χ0n) is 8.71. The van der Waals surface area contributed by atoms with E-state index in [2.05, 4.69) is 0 Å². The molecule has 0 radical (unpaired) electrons. The van der Waals surface area contributed by atoms with E-state index in [1.165, 1.54) is 24.3 Å². The highest BCUT2D eigenvalue weighted by atomic mass is 16.5. The topological polar surface area (TPSA) is 92.9 Å². The van der Waals surface area contributed by atoms with Crippen molar-refractivity contribution >= 4 is 17.7 Å². The van der Waals surface area contributed by atoms with Crippen LogP contribution >= 0.6 is 0 Å². The third kappa shape index (κ3) is 2.71. The molecule has 0 saturated carbocycles. The number of carbonyl (C=O) groups is 2. The predicted octanol–water partition coefficient (Wildman–Crippen LogP) is 1.22. The molecular formula is C10H12N2O4. The summed E-state index contributed by atoms with van der Waals surface area (Å²) in [5.74, 6) is 4.79. The second kappa shape index (κ2) is 5.13. The van der Waals surface area contributed by atoms with Crippen LogP contribution in [0.25, 0.3) is 0 Å². The zero-order valence-corrected chi connectivity index (χ0v) is 8.71. The van der Waals surface area contributed by atoms with Gasteiger partial charge in [0.1, 0.15) is 0 Å². The van der Waals surface area contributed by atoms with Crippen molar-refractivity contribution < 1.29 is 19.4 Å². The molecule has 0 fully saturated rings. The minimum Gasteiger partial charge on any atom is -0.464 e. The molecule has 0 heterocycles. The molecule has 0 aliphatic rings. The van der Waals surface area contributed by atoms with Gasteiger partial charge in [0.25, 0.3) is 0 Å². The number of carboxylic acid groups (broad SMARTS) is 1. The van der Waals surface area contributed by atoms with E-state index in [1.54, 1.807) is 6.92 Å². The molecule has 86 valence electrons. The number of rotatable bonds is 3. The molecule has 6 nitrogen and oxygen atoms in total. The number of ether oxygens (including phenoxy) is 1. The lowest BCUT2D eigenvalue weighted by Crippen LogP contribution is -2.35. The van der Waals surface area contributed by atoms with Crippen molar-refractivity contribution in [2.75, 3.05) is 11.6 Å². The van der Waals surface area contributed by atoms with Crippen LogP contribution in [0.1, 0.15) is 17.3 Å². The van der Waals surface area contributed by atoms with Gasteiger partial charge in [0.2, 0.25) is 0 Å². The van der Waals surface area contributed by atoms with Gasteiger partial charge < -0.3 is 9.84 Å². The molecule has 0 aromatic heterocycles. The van der Waals surface area contributed by atoms with Crippen molar-refractivity contribution in [2.45, 2.75) is 6.92 Å². The van der Waals surface area contributed by atoms with Crippen molar-refractivity contribution in [3.8, 4) is 0 Å². The summed E-state index contributed by atoms with van der Waals surface area (Å²) in [6.07, 6.45) is -1.27. The Bertz CT molecular complexity index is 388. The molecule has 6 heteroatoms. The van der Waals surface area contributed by atoms with Gasteiger partial charge in [-0.3, -0.25) is 0 Å². The second-order valence-electron chi connectivity index (χ2n) is 2.92. The fourth-order valence-electron chi connectivity index (χ4n) is 1.08. The van der Waals surface area contributed by atoms with Gasteiger partial charge in [0, 0.05) is 0 Å². The third-order valence-electron chi connectivity index (χ3n) is 1.86. The van der Waals surface area contributed by atoms with Crippen LogP contribution in [0.2, 0.25) is 0 Å². The van der Waals surface area contributed by atoms with E-state index >= 15 is 0 Å². The van der Waals surface area contributed by atoms with Crippen LogP contribution in [-0.2, 0) is 4.74 Å². The van der Waals surface area contributed by atoms with Gasteiger partial charge in [-0.2, -0.15) is 0 Å². The van der Waals surface area contributed by atoms with Crippen molar-refractivity contribution in [3.05, 3.63) is 29.8 Å². The number of nitrogens with zero attached hydrogens (tertiary/aromatic N) is 1. The molecule has 0 bridgehead atoms. The maximum atomic E-state index is 11.3. The number of esters is 1. The Kier molecular flexibility index (Phi) is 3.84. The first-order valence-electron chi connectivity index (χ1n) is 4.61. The molecule has 0 saturated heterocycles. The number of carbonyl (C=O) groups excluding carboxylic acids is 1. The fourth-order valence-corrected chi connectivity index (χ4v) is 1.08. The number of hydrogen-bond acceptors (Lipinski definition) is 4. The first kappa shape index (κ1) is 12.0. The fraction of sp³-hybridized carbons (Fsp3) is 0.200. The van der Waals surface area contributed by atoms with Gasteiger partial charge in [0.05, 0.1) is 17.9 Å². The lowest BCUT2D eigenvalue weighted by Gasteiger charge is -2.12.